The van der Waals surface area contributed by atoms with Gasteiger partial charge in [0.2, 0.25) is 5.88 Å². The Hall–Kier alpha value is -2.04. The van der Waals surface area contributed by atoms with Crippen LogP contribution in [0.15, 0.2) is 18.2 Å². The largest absolute Gasteiger partial charge is 0.481 e. The second kappa shape index (κ2) is 5.63. The molecule has 0 atom stereocenters. The Morgan fingerprint density at radius 1 is 1.36 bits per heavy atom. The van der Waals surface area contributed by atoms with Gasteiger partial charge in [-0.15, -0.1) is 0 Å². The average Bonchev–Trinajstić information content (AvgIpc) is 2.92. The van der Waals surface area contributed by atoms with E-state index in [1.165, 1.54) is 0 Å². The monoisotopic (exact) mass is 301 g/mol. The van der Waals surface area contributed by atoms with Crippen molar-refractivity contribution in [2.75, 3.05) is 7.11 Å². The third kappa shape index (κ3) is 3.08. The highest BCUT2D eigenvalue weighted by Crippen LogP contribution is 2.35. The van der Waals surface area contributed by atoms with E-state index >= 15 is 0 Å². The van der Waals surface area contributed by atoms with Crippen LogP contribution in [0.1, 0.15) is 50.0 Å². The Balaban J connectivity index is 1.70. The number of aromatic amines is 1. The van der Waals surface area contributed by atoms with Crippen molar-refractivity contribution in [3.63, 3.8) is 0 Å². The van der Waals surface area contributed by atoms with Crippen LogP contribution in [0.5, 0.6) is 5.88 Å². The molecule has 0 spiro atoms. The van der Waals surface area contributed by atoms with Crippen LogP contribution in [-0.4, -0.2) is 29.0 Å². The second-order valence-corrected chi connectivity index (χ2v) is 6.89. The summed E-state index contributed by atoms with van der Waals surface area (Å²) in [6.45, 7) is 4.59. The number of hydrogen-bond donors (Lipinski definition) is 2. The molecular formula is C17H23N3O2. The summed E-state index contributed by atoms with van der Waals surface area (Å²) in [5, 5.41) is 4.05. The molecule has 0 bridgehead atoms. The number of amides is 1. The molecule has 5 nitrogen and oxygen atoms in total. The van der Waals surface area contributed by atoms with Crippen molar-refractivity contribution in [2.24, 2.45) is 5.41 Å². The van der Waals surface area contributed by atoms with Crippen molar-refractivity contribution in [1.82, 2.24) is 15.3 Å². The maximum Gasteiger partial charge on any atom is 0.267 e. The topological polar surface area (TPSA) is 67.0 Å². The molecule has 1 aliphatic carbocycles. The number of aromatic nitrogens is 2. The minimum Gasteiger partial charge on any atom is -0.481 e. The molecule has 0 aromatic carbocycles. The Morgan fingerprint density at radius 3 is 2.77 bits per heavy atom. The summed E-state index contributed by atoms with van der Waals surface area (Å²) in [7, 11) is 1.58. The molecule has 2 heterocycles. The molecule has 22 heavy (non-hydrogen) atoms. The van der Waals surface area contributed by atoms with E-state index in [1.54, 1.807) is 13.2 Å². The van der Waals surface area contributed by atoms with E-state index in [1.807, 2.05) is 12.1 Å². The summed E-state index contributed by atoms with van der Waals surface area (Å²) in [5.41, 5.74) is 1.64. The molecule has 3 rings (SSSR count). The highest BCUT2D eigenvalue weighted by molar-refractivity contribution is 5.97. The first kappa shape index (κ1) is 14.9. The normalized spacial score (nSPS) is 18.3. The highest BCUT2D eigenvalue weighted by atomic mass is 16.5. The van der Waals surface area contributed by atoms with Crippen molar-refractivity contribution in [3.05, 3.63) is 23.9 Å². The number of ether oxygens (including phenoxy) is 1. The lowest BCUT2D eigenvalue weighted by molar-refractivity contribution is 0.0905. The van der Waals surface area contributed by atoms with Crippen LogP contribution in [0.3, 0.4) is 0 Å². The van der Waals surface area contributed by atoms with Gasteiger partial charge in [-0.2, -0.15) is 4.98 Å². The summed E-state index contributed by atoms with van der Waals surface area (Å²) >= 11 is 0. The third-order valence-corrected chi connectivity index (χ3v) is 4.58. The number of carbonyl (C=O) groups is 1. The first-order chi connectivity index (χ1) is 10.5. The number of nitrogens with one attached hydrogen (secondary N) is 2. The maximum absolute atomic E-state index is 12.4. The second-order valence-electron chi connectivity index (χ2n) is 6.89. The third-order valence-electron chi connectivity index (χ3n) is 4.58. The van der Waals surface area contributed by atoms with Gasteiger partial charge in [0.25, 0.3) is 5.91 Å². The average molecular weight is 301 g/mol. The van der Waals surface area contributed by atoms with Crippen molar-refractivity contribution in [2.45, 2.75) is 45.6 Å². The lowest BCUT2D eigenvalue weighted by Crippen LogP contribution is -2.39. The molecule has 2 aromatic heterocycles. The van der Waals surface area contributed by atoms with Gasteiger partial charge in [0, 0.05) is 17.5 Å². The minimum absolute atomic E-state index is 0.0540. The number of nitrogens with zero attached hydrogens (tertiary/aromatic N) is 1. The van der Waals surface area contributed by atoms with Gasteiger partial charge in [-0.25, -0.2) is 0 Å². The number of pyridine rings is 1. The van der Waals surface area contributed by atoms with E-state index in [0.29, 0.717) is 22.6 Å². The van der Waals surface area contributed by atoms with E-state index in [-0.39, 0.29) is 11.9 Å². The zero-order chi connectivity index (χ0) is 15.7. The summed E-state index contributed by atoms with van der Waals surface area (Å²) in [6, 6.07) is 5.80. The van der Waals surface area contributed by atoms with Gasteiger partial charge < -0.3 is 15.0 Å². The lowest BCUT2D eigenvalue weighted by atomic mass is 9.75. The first-order valence-corrected chi connectivity index (χ1v) is 7.81. The van der Waals surface area contributed by atoms with Crippen LogP contribution in [0, 0.1) is 5.41 Å². The van der Waals surface area contributed by atoms with Gasteiger partial charge in [-0.1, -0.05) is 13.8 Å². The smallest absolute Gasteiger partial charge is 0.267 e. The predicted octanol–water partition coefficient (Wildman–Crippen LogP) is 3.27. The van der Waals surface area contributed by atoms with E-state index in [9.17, 15) is 4.79 Å². The van der Waals surface area contributed by atoms with Gasteiger partial charge >= 0.3 is 0 Å². The zero-order valence-corrected chi connectivity index (χ0v) is 13.4. The Bertz CT molecular complexity index is 680. The van der Waals surface area contributed by atoms with Crippen LogP contribution in [0.4, 0.5) is 0 Å². The Kier molecular flexibility index (Phi) is 3.81. The molecule has 0 saturated heterocycles. The SMILES string of the molecule is COc1ccc2cc(C(=O)NC3CCC(C)(C)CC3)[nH]c2n1. The van der Waals surface area contributed by atoms with Crippen molar-refractivity contribution >= 4 is 16.9 Å². The van der Waals surface area contributed by atoms with Crippen molar-refractivity contribution in [1.29, 1.82) is 0 Å². The summed E-state index contributed by atoms with van der Waals surface area (Å²) in [4.78, 5) is 19.8. The number of hydrogen-bond acceptors (Lipinski definition) is 3. The van der Waals surface area contributed by atoms with Crippen molar-refractivity contribution < 1.29 is 9.53 Å². The van der Waals surface area contributed by atoms with Crippen LogP contribution in [0.2, 0.25) is 0 Å². The quantitative estimate of drug-likeness (QED) is 0.914. The molecule has 2 aromatic rings. The van der Waals surface area contributed by atoms with Gasteiger partial charge in [-0.3, -0.25) is 4.79 Å². The molecule has 1 aliphatic rings. The zero-order valence-electron chi connectivity index (χ0n) is 13.4. The van der Waals surface area contributed by atoms with Crippen molar-refractivity contribution in [3.8, 4) is 5.88 Å². The predicted molar refractivity (Wildman–Crippen MR) is 86.1 cm³/mol. The summed E-state index contributed by atoms with van der Waals surface area (Å²) < 4.78 is 5.10. The molecule has 0 aliphatic heterocycles. The number of fused-ring (bicyclic) bond motifs is 1. The molecule has 0 unspecified atom stereocenters. The maximum atomic E-state index is 12.4. The minimum atomic E-state index is -0.0540. The first-order valence-electron chi connectivity index (χ1n) is 7.81. The fourth-order valence-electron chi connectivity index (χ4n) is 3.03. The van der Waals surface area contributed by atoms with Gasteiger partial charge in [-0.05, 0) is 43.2 Å². The molecule has 1 amide bonds. The Labute approximate surface area is 130 Å². The van der Waals surface area contributed by atoms with E-state index in [4.69, 9.17) is 4.74 Å². The Morgan fingerprint density at radius 2 is 2.09 bits per heavy atom. The fraction of sp³-hybridized carbons (Fsp3) is 0.529. The molecule has 2 N–H and O–H groups in total. The molecule has 1 saturated carbocycles. The highest BCUT2D eigenvalue weighted by Gasteiger charge is 2.28. The molecule has 118 valence electrons. The molecule has 5 heteroatoms. The number of carbonyl (C=O) groups excluding carboxylic acids is 1. The fourth-order valence-corrected chi connectivity index (χ4v) is 3.03. The van der Waals surface area contributed by atoms with Gasteiger partial charge in [0.1, 0.15) is 11.3 Å². The van der Waals surface area contributed by atoms with Crippen LogP contribution in [0.25, 0.3) is 11.0 Å². The van der Waals surface area contributed by atoms with E-state index in [0.717, 1.165) is 31.1 Å². The van der Waals surface area contributed by atoms with Crippen LogP contribution >= 0.6 is 0 Å². The van der Waals surface area contributed by atoms with Gasteiger partial charge in [0.15, 0.2) is 0 Å². The standard InChI is InChI=1S/C17H23N3O2/c1-17(2)8-6-12(7-9-17)18-16(21)13-10-11-4-5-14(22-3)20-15(11)19-13/h4-5,10,12H,6-9H2,1-3H3,(H,18,21)(H,19,20). The molecule has 1 fully saturated rings. The van der Waals surface area contributed by atoms with Crippen LogP contribution < -0.4 is 10.1 Å². The van der Waals surface area contributed by atoms with Crippen LogP contribution in [-0.2, 0) is 0 Å². The molecule has 0 radical (unpaired) electrons. The molecular weight excluding hydrogens is 278 g/mol. The summed E-state index contributed by atoms with van der Waals surface area (Å²) in [6.07, 6.45) is 4.41. The summed E-state index contributed by atoms with van der Waals surface area (Å²) in [5.74, 6) is 0.484. The van der Waals surface area contributed by atoms with Gasteiger partial charge in [0.05, 0.1) is 7.11 Å². The lowest BCUT2D eigenvalue weighted by Gasteiger charge is -2.34. The van der Waals surface area contributed by atoms with E-state index in [2.05, 4.69) is 29.1 Å². The van der Waals surface area contributed by atoms with E-state index < -0.39 is 0 Å². The number of H-pyrrole nitrogens is 1. The number of rotatable bonds is 3. The number of methoxy groups -OCH3 is 1.